The Morgan fingerprint density at radius 2 is 2.35 bits per heavy atom. The van der Waals surface area contributed by atoms with Crippen molar-refractivity contribution in [2.24, 2.45) is 0 Å². The van der Waals surface area contributed by atoms with Gasteiger partial charge in [-0.1, -0.05) is 0 Å². The van der Waals surface area contributed by atoms with Crippen LogP contribution < -0.4 is 5.32 Å². The summed E-state index contributed by atoms with van der Waals surface area (Å²) in [6, 6.07) is 7.55. The van der Waals surface area contributed by atoms with Crippen LogP contribution >= 0.6 is 11.6 Å². The lowest BCUT2D eigenvalue weighted by atomic mass is 10.2. The number of anilines is 1. The molecule has 2 rings (SSSR count). The van der Waals surface area contributed by atoms with E-state index in [1.54, 1.807) is 10.9 Å². The molecule has 1 heterocycles. The van der Waals surface area contributed by atoms with Crippen LogP contribution in [0.2, 0.25) is 0 Å². The Bertz CT molecular complexity index is 523. The molecule has 0 atom stereocenters. The lowest BCUT2D eigenvalue weighted by Gasteiger charge is -2.09. The van der Waals surface area contributed by atoms with Crippen molar-refractivity contribution in [2.75, 3.05) is 11.2 Å². The minimum Gasteiger partial charge on any atom is -0.325 e. The highest BCUT2D eigenvalue weighted by Gasteiger charge is 2.04. The smallest absolute Gasteiger partial charge is 0.239 e. The second-order valence-electron chi connectivity index (χ2n) is 3.63. The predicted octanol–water partition coefficient (Wildman–Crippen LogP) is 2.36. The van der Waals surface area contributed by atoms with Crippen molar-refractivity contribution in [1.82, 2.24) is 9.78 Å². The number of rotatable bonds is 3. The molecule has 88 valence electrons. The molecule has 0 spiro atoms. The summed E-state index contributed by atoms with van der Waals surface area (Å²) in [6.45, 7) is 1.93. The van der Waals surface area contributed by atoms with Crippen molar-refractivity contribution >= 4 is 23.2 Å². The molecular formula is C12H12ClN3O. The topological polar surface area (TPSA) is 46.9 Å². The molecule has 17 heavy (non-hydrogen) atoms. The number of nitrogens with zero attached hydrogens (tertiary/aromatic N) is 2. The maximum absolute atomic E-state index is 11.2. The number of carbonyl (C=O) groups excluding carboxylic acids is 1. The molecule has 0 bridgehead atoms. The zero-order valence-corrected chi connectivity index (χ0v) is 10.1. The van der Waals surface area contributed by atoms with Crippen molar-refractivity contribution in [2.45, 2.75) is 6.92 Å². The number of nitrogens with one attached hydrogen (secondary N) is 1. The third-order valence-corrected chi connectivity index (χ3v) is 2.62. The number of aryl methyl sites for hydroxylation is 1. The van der Waals surface area contributed by atoms with Gasteiger partial charge in [0.15, 0.2) is 0 Å². The van der Waals surface area contributed by atoms with E-state index in [0.29, 0.717) is 0 Å². The fraction of sp³-hybridized carbons (Fsp3) is 0.167. The Morgan fingerprint density at radius 1 is 1.53 bits per heavy atom. The van der Waals surface area contributed by atoms with E-state index in [4.69, 9.17) is 11.6 Å². The van der Waals surface area contributed by atoms with Crippen LogP contribution in [-0.2, 0) is 4.79 Å². The number of alkyl halides is 1. The SMILES string of the molecule is Cc1cc(-n2cccn2)ccc1NC(=O)CCl. The van der Waals surface area contributed by atoms with Gasteiger partial charge in [0.05, 0.1) is 5.69 Å². The third-order valence-electron chi connectivity index (χ3n) is 2.37. The van der Waals surface area contributed by atoms with Gasteiger partial charge < -0.3 is 5.32 Å². The normalized spacial score (nSPS) is 10.2. The van der Waals surface area contributed by atoms with Crippen LogP contribution in [-0.4, -0.2) is 21.6 Å². The number of aromatic nitrogens is 2. The summed E-state index contributed by atoms with van der Waals surface area (Å²) >= 11 is 5.44. The average molecular weight is 250 g/mol. The molecule has 1 aromatic carbocycles. The molecule has 0 aliphatic rings. The molecule has 1 N–H and O–H groups in total. The highest BCUT2D eigenvalue weighted by molar-refractivity contribution is 6.29. The highest BCUT2D eigenvalue weighted by atomic mass is 35.5. The van der Waals surface area contributed by atoms with Gasteiger partial charge in [-0.15, -0.1) is 11.6 Å². The molecule has 1 aromatic heterocycles. The molecular weight excluding hydrogens is 238 g/mol. The van der Waals surface area contributed by atoms with Crippen molar-refractivity contribution in [3.8, 4) is 5.69 Å². The summed E-state index contributed by atoms with van der Waals surface area (Å²) in [5, 5.41) is 6.87. The Hall–Kier alpha value is -1.81. The fourth-order valence-corrected chi connectivity index (χ4v) is 1.60. The van der Waals surface area contributed by atoms with Crippen LogP contribution in [0.25, 0.3) is 5.69 Å². The van der Waals surface area contributed by atoms with Gasteiger partial charge in [0.25, 0.3) is 0 Å². The van der Waals surface area contributed by atoms with Crippen molar-refractivity contribution in [1.29, 1.82) is 0 Å². The monoisotopic (exact) mass is 249 g/mol. The molecule has 0 aliphatic heterocycles. The zero-order valence-electron chi connectivity index (χ0n) is 9.35. The lowest BCUT2D eigenvalue weighted by Crippen LogP contribution is -2.13. The van der Waals surface area contributed by atoms with E-state index in [2.05, 4.69) is 10.4 Å². The first-order chi connectivity index (χ1) is 8.20. The van der Waals surface area contributed by atoms with Gasteiger partial charge >= 0.3 is 0 Å². The van der Waals surface area contributed by atoms with Crippen LogP contribution in [0.5, 0.6) is 0 Å². The van der Waals surface area contributed by atoms with Gasteiger partial charge in [-0.2, -0.15) is 5.10 Å². The van der Waals surface area contributed by atoms with Gasteiger partial charge in [-0.05, 0) is 36.8 Å². The molecule has 4 nitrogen and oxygen atoms in total. The number of carbonyl (C=O) groups is 1. The van der Waals surface area contributed by atoms with Gasteiger partial charge in [0.1, 0.15) is 5.88 Å². The first kappa shape index (κ1) is 11.7. The molecule has 0 unspecified atom stereocenters. The second-order valence-corrected chi connectivity index (χ2v) is 3.90. The molecule has 2 aromatic rings. The molecule has 0 radical (unpaired) electrons. The minimum atomic E-state index is -0.207. The van der Waals surface area contributed by atoms with Crippen LogP contribution in [0.3, 0.4) is 0 Å². The van der Waals surface area contributed by atoms with Gasteiger partial charge in [-0.3, -0.25) is 4.79 Å². The van der Waals surface area contributed by atoms with Crippen molar-refractivity contribution < 1.29 is 4.79 Å². The third kappa shape index (κ3) is 2.65. The Balaban J connectivity index is 2.26. The number of halogens is 1. The molecule has 0 saturated heterocycles. The first-order valence-corrected chi connectivity index (χ1v) is 5.70. The number of benzene rings is 1. The number of amides is 1. The summed E-state index contributed by atoms with van der Waals surface area (Å²) in [7, 11) is 0. The fourth-order valence-electron chi connectivity index (χ4n) is 1.54. The van der Waals surface area contributed by atoms with E-state index in [1.165, 1.54) is 0 Å². The van der Waals surface area contributed by atoms with E-state index in [1.807, 2.05) is 37.4 Å². The van der Waals surface area contributed by atoms with Crippen LogP contribution in [0.15, 0.2) is 36.7 Å². The van der Waals surface area contributed by atoms with E-state index in [9.17, 15) is 4.79 Å². The van der Waals surface area contributed by atoms with Crippen molar-refractivity contribution in [3.63, 3.8) is 0 Å². The average Bonchev–Trinajstić information content (AvgIpc) is 2.85. The Labute approximate surface area is 104 Å². The van der Waals surface area contributed by atoms with Gasteiger partial charge in [0.2, 0.25) is 5.91 Å². The van der Waals surface area contributed by atoms with Gasteiger partial charge in [-0.25, -0.2) is 4.68 Å². The molecule has 0 saturated carbocycles. The van der Waals surface area contributed by atoms with Crippen molar-refractivity contribution in [3.05, 3.63) is 42.2 Å². The maximum Gasteiger partial charge on any atom is 0.239 e. The van der Waals surface area contributed by atoms with Crippen LogP contribution in [0.4, 0.5) is 5.69 Å². The first-order valence-electron chi connectivity index (χ1n) is 5.17. The van der Waals surface area contributed by atoms with Crippen LogP contribution in [0.1, 0.15) is 5.56 Å². The van der Waals surface area contributed by atoms with E-state index < -0.39 is 0 Å². The van der Waals surface area contributed by atoms with E-state index in [0.717, 1.165) is 16.9 Å². The molecule has 0 fully saturated rings. The summed E-state index contributed by atoms with van der Waals surface area (Å²) in [5.74, 6) is -0.248. The predicted molar refractivity (Wildman–Crippen MR) is 67.7 cm³/mol. The lowest BCUT2D eigenvalue weighted by molar-refractivity contribution is -0.113. The molecule has 1 amide bonds. The summed E-state index contributed by atoms with van der Waals surface area (Å²) < 4.78 is 1.76. The van der Waals surface area contributed by atoms with Gasteiger partial charge in [0, 0.05) is 18.1 Å². The van der Waals surface area contributed by atoms with E-state index in [-0.39, 0.29) is 11.8 Å². The summed E-state index contributed by atoms with van der Waals surface area (Å²) in [6.07, 6.45) is 3.59. The maximum atomic E-state index is 11.2. The largest absolute Gasteiger partial charge is 0.325 e. The summed E-state index contributed by atoms with van der Waals surface area (Å²) in [4.78, 5) is 11.2. The zero-order chi connectivity index (χ0) is 12.3. The summed E-state index contributed by atoms with van der Waals surface area (Å²) in [5.41, 5.74) is 2.69. The quantitative estimate of drug-likeness (QED) is 0.849. The minimum absolute atomic E-state index is 0.0413. The second kappa shape index (κ2) is 5.01. The van der Waals surface area contributed by atoms with Crippen LogP contribution in [0, 0.1) is 6.92 Å². The Kier molecular flexibility index (Phi) is 3.44. The molecule has 5 heteroatoms. The highest BCUT2D eigenvalue weighted by Crippen LogP contribution is 2.18. The molecule has 0 aliphatic carbocycles. The van der Waals surface area contributed by atoms with E-state index >= 15 is 0 Å². The number of hydrogen-bond donors (Lipinski definition) is 1. The Morgan fingerprint density at radius 3 is 2.94 bits per heavy atom. The standard InChI is InChI=1S/C12H12ClN3O/c1-9-7-10(16-6-2-5-14-16)3-4-11(9)15-12(17)8-13/h2-7H,8H2,1H3,(H,15,17). The number of hydrogen-bond acceptors (Lipinski definition) is 2.